The number of hydrogen-bond acceptors (Lipinski definition) is 7. The molecule has 0 bridgehead atoms. The third-order valence-corrected chi connectivity index (χ3v) is 6.72. The third-order valence-electron chi connectivity index (χ3n) is 6.72. The molecular formula is C29H45N3O6. The fraction of sp³-hybridized carbons (Fsp3) is 0.621. The van der Waals surface area contributed by atoms with Crippen LogP contribution in [0.4, 0.5) is 0 Å². The number of ether oxygens (including phenoxy) is 1. The molecule has 1 fully saturated rings. The molecule has 0 saturated carbocycles. The number of esters is 1. The second-order valence-corrected chi connectivity index (χ2v) is 9.55. The molecule has 9 heteroatoms. The summed E-state index contributed by atoms with van der Waals surface area (Å²) in [6.07, 6.45) is 8.44. The highest BCUT2D eigenvalue weighted by Gasteiger charge is 2.22. The van der Waals surface area contributed by atoms with Gasteiger partial charge in [0, 0.05) is 37.6 Å². The van der Waals surface area contributed by atoms with Crippen LogP contribution in [0.25, 0.3) is 0 Å². The zero-order valence-electron chi connectivity index (χ0n) is 22.4. The maximum absolute atomic E-state index is 13.0. The van der Waals surface area contributed by atoms with Gasteiger partial charge in [-0.15, -0.1) is 0 Å². The average Bonchev–Trinajstić information content (AvgIpc) is 2.87. The van der Waals surface area contributed by atoms with Gasteiger partial charge in [-0.05, 0) is 70.6 Å². The number of rotatable bonds is 15. The zero-order chi connectivity index (χ0) is 27.2. The molecule has 0 spiro atoms. The summed E-state index contributed by atoms with van der Waals surface area (Å²) in [4.78, 5) is 64.0. The van der Waals surface area contributed by atoms with Crippen molar-refractivity contribution in [1.29, 1.82) is 0 Å². The van der Waals surface area contributed by atoms with E-state index < -0.39 is 12.0 Å². The lowest BCUT2D eigenvalue weighted by Crippen LogP contribution is -2.41. The second kappa shape index (κ2) is 17.4. The molecule has 0 unspecified atom stereocenters. The van der Waals surface area contributed by atoms with Crippen LogP contribution < -0.4 is 10.9 Å². The Kier molecular flexibility index (Phi) is 15.1. The van der Waals surface area contributed by atoms with E-state index in [2.05, 4.69) is 17.1 Å². The Morgan fingerprint density at radius 3 is 2.53 bits per heavy atom. The lowest BCUT2D eigenvalue weighted by molar-refractivity contribution is -0.137. The molecule has 9 nitrogen and oxygen atoms in total. The fourth-order valence-corrected chi connectivity index (χ4v) is 4.57. The summed E-state index contributed by atoms with van der Waals surface area (Å²) in [6, 6.07) is 2.44. The van der Waals surface area contributed by atoms with Crippen LogP contribution in [0, 0.1) is 5.92 Å². The first-order chi connectivity index (χ1) is 17.7. The predicted molar refractivity (Wildman–Crippen MR) is 148 cm³/mol. The number of hydrogen-bond donors (Lipinski definition) is 1. The van der Waals surface area contributed by atoms with Gasteiger partial charge in [-0.2, -0.15) is 0 Å². The van der Waals surface area contributed by atoms with E-state index >= 15 is 0 Å². The van der Waals surface area contributed by atoms with Crippen LogP contribution >= 0.6 is 0 Å². The molecule has 1 N–H and O–H groups in total. The van der Waals surface area contributed by atoms with Crippen molar-refractivity contribution in [2.24, 2.45) is 5.92 Å². The molecule has 1 aromatic heterocycles. The number of aromatic nitrogens is 1. The van der Waals surface area contributed by atoms with E-state index in [0.717, 1.165) is 38.9 Å². The van der Waals surface area contributed by atoms with Gasteiger partial charge in [0.2, 0.25) is 5.91 Å². The van der Waals surface area contributed by atoms with Crippen molar-refractivity contribution in [3.63, 3.8) is 0 Å². The van der Waals surface area contributed by atoms with Gasteiger partial charge in [0.25, 0.3) is 5.56 Å². The van der Waals surface area contributed by atoms with Gasteiger partial charge in [0.15, 0.2) is 11.6 Å². The highest BCUT2D eigenvalue weighted by Crippen LogP contribution is 2.21. The number of allylic oxidation sites excluding steroid dienone is 1. The summed E-state index contributed by atoms with van der Waals surface area (Å²) in [6.45, 7) is 8.67. The van der Waals surface area contributed by atoms with E-state index in [1.54, 1.807) is 31.3 Å². The van der Waals surface area contributed by atoms with E-state index in [0.29, 0.717) is 18.8 Å². The number of amides is 1. The monoisotopic (exact) mass is 531 g/mol. The number of nitrogens with one attached hydrogen (secondary N) is 1. The van der Waals surface area contributed by atoms with Gasteiger partial charge < -0.3 is 19.5 Å². The Morgan fingerprint density at radius 2 is 1.89 bits per heavy atom. The standard InChI is InChI=1S/C28H41N3O6.CH4/c1-4-30-17-14-22(15-18-30)12-13-24(33)20-31-16-8-9-23(28(31)36)19-26(34)25(29-21(3)32)10-6-7-11-27(35)37-5-2;/h7-9,11,16,22,25H,4-6,10,12-15,17-20H2,1-3H3,(H,29,32);1H4/b11-7+;/t25-;/m0./s1. The van der Waals surface area contributed by atoms with Gasteiger partial charge in [-0.3, -0.25) is 19.2 Å². The van der Waals surface area contributed by atoms with E-state index in [1.165, 1.54) is 17.6 Å². The van der Waals surface area contributed by atoms with E-state index in [4.69, 9.17) is 4.74 Å². The van der Waals surface area contributed by atoms with Crippen molar-refractivity contribution < 1.29 is 23.9 Å². The van der Waals surface area contributed by atoms with Crippen LogP contribution in [0.15, 0.2) is 35.3 Å². The number of carbonyl (C=O) groups is 4. The Labute approximate surface area is 226 Å². The zero-order valence-corrected chi connectivity index (χ0v) is 22.4. The molecule has 2 heterocycles. The van der Waals surface area contributed by atoms with Crippen molar-refractivity contribution in [3.8, 4) is 0 Å². The number of pyridine rings is 1. The maximum Gasteiger partial charge on any atom is 0.330 e. The molecule has 0 aromatic carbocycles. The number of nitrogens with zero attached hydrogens (tertiary/aromatic N) is 2. The van der Waals surface area contributed by atoms with Crippen LogP contribution in [0.3, 0.4) is 0 Å². The molecule has 1 saturated heterocycles. The molecule has 38 heavy (non-hydrogen) atoms. The summed E-state index contributed by atoms with van der Waals surface area (Å²) in [7, 11) is 0. The van der Waals surface area contributed by atoms with Gasteiger partial charge in [-0.1, -0.05) is 26.5 Å². The summed E-state index contributed by atoms with van der Waals surface area (Å²) < 4.78 is 6.18. The average molecular weight is 532 g/mol. The molecule has 0 aliphatic carbocycles. The normalized spacial score (nSPS) is 15.0. The van der Waals surface area contributed by atoms with Crippen molar-refractivity contribution in [2.45, 2.75) is 85.7 Å². The van der Waals surface area contributed by atoms with E-state index in [1.807, 2.05) is 0 Å². The number of likely N-dealkylation sites (tertiary alicyclic amines) is 1. The molecule has 1 aromatic rings. The van der Waals surface area contributed by atoms with Crippen LogP contribution in [0.5, 0.6) is 0 Å². The minimum Gasteiger partial charge on any atom is -0.463 e. The number of piperidine rings is 1. The molecular weight excluding hydrogens is 486 g/mol. The molecule has 0 radical (unpaired) electrons. The first-order valence-electron chi connectivity index (χ1n) is 13.3. The third kappa shape index (κ3) is 11.5. The Bertz CT molecular complexity index is 1010. The van der Waals surface area contributed by atoms with E-state index in [-0.39, 0.29) is 62.0 Å². The van der Waals surface area contributed by atoms with E-state index in [9.17, 15) is 24.0 Å². The first-order valence-corrected chi connectivity index (χ1v) is 13.3. The second-order valence-electron chi connectivity index (χ2n) is 9.55. The predicted octanol–water partition coefficient (Wildman–Crippen LogP) is 3.08. The smallest absolute Gasteiger partial charge is 0.330 e. The summed E-state index contributed by atoms with van der Waals surface area (Å²) in [5, 5.41) is 2.63. The largest absolute Gasteiger partial charge is 0.463 e. The van der Waals surface area contributed by atoms with Crippen LogP contribution in [0.2, 0.25) is 0 Å². The van der Waals surface area contributed by atoms with Crippen molar-refractivity contribution in [3.05, 3.63) is 46.4 Å². The highest BCUT2D eigenvalue weighted by atomic mass is 16.5. The van der Waals surface area contributed by atoms with Crippen LogP contribution in [-0.4, -0.2) is 65.2 Å². The number of carbonyl (C=O) groups excluding carboxylic acids is 4. The topological polar surface area (TPSA) is 115 Å². The molecule has 1 aliphatic heterocycles. The maximum atomic E-state index is 13.0. The molecule has 1 aliphatic rings. The minimum absolute atomic E-state index is 0. The lowest BCUT2D eigenvalue weighted by atomic mass is 9.91. The quantitative estimate of drug-likeness (QED) is 0.273. The Hall–Kier alpha value is -3.07. The summed E-state index contributed by atoms with van der Waals surface area (Å²) >= 11 is 0. The van der Waals surface area contributed by atoms with Crippen molar-refractivity contribution >= 4 is 23.4 Å². The van der Waals surface area contributed by atoms with Crippen molar-refractivity contribution in [1.82, 2.24) is 14.8 Å². The van der Waals surface area contributed by atoms with Gasteiger partial charge in [0.1, 0.15) is 0 Å². The lowest BCUT2D eigenvalue weighted by Gasteiger charge is -2.30. The number of Topliss-reactive ketones (excluding diaryl/α,β-unsaturated/α-hetero) is 2. The van der Waals surface area contributed by atoms with Crippen LogP contribution in [-0.2, 0) is 36.9 Å². The first kappa shape index (κ1) is 33.0. The van der Waals surface area contributed by atoms with Gasteiger partial charge >= 0.3 is 5.97 Å². The van der Waals surface area contributed by atoms with Gasteiger partial charge in [0.05, 0.1) is 19.2 Å². The molecule has 1 amide bonds. The molecule has 1 atom stereocenters. The van der Waals surface area contributed by atoms with Crippen LogP contribution in [0.1, 0.15) is 72.3 Å². The SMILES string of the molecule is C.CCOC(=O)/C=C/CC[C@H](NC(C)=O)C(=O)Cc1cccn(CC(=O)CCC2CCN(CC)CC2)c1=O. The molecule has 212 valence electrons. The van der Waals surface area contributed by atoms with Crippen molar-refractivity contribution in [2.75, 3.05) is 26.2 Å². The Morgan fingerprint density at radius 1 is 1.18 bits per heavy atom. The number of ketones is 2. The molecule has 2 rings (SSSR count). The Balaban J connectivity index is 0.00000722. The summed E-state index contributed by atoms with van der Waals surface area (Å²) in [5.74, 6) is -0.576. The summed E-state index contributed by atoms with van der Waals surface area (Å²) in [5.41, 5.74) is -0.0890. The fourth-order valence-electron chi connectivity index (χ4n) is 4.57. The van der Waals surface area contributed by atoms with Gasteiger partial charge in [-0.25, -0.2) is 4.79 Å². The minimum atomic E-state index is -0.793. The highest BCUT2D eigenvalue weighted by molar-refractivity contribution is 5.90.